The lowest BCUT2D eigenvalue weighted by Gasteiger charge is -2.23. The Labute approximate surface area is 122 Å². The van der Waals surface area contributed by atoms with Crippen LogP contribution >= 0.6 is 0 Å². The molecule has 0 aromatic heterocycles. The molecule has 2 rings (SSSR count). The lowest BCUT2D eigenvalue weighted by Crippen LogP contribution is -2.25. The molecule has 112 valence electrons. The molecule has 20 heavy (non-hydrogen) atoms. The summed E-state index contributed by atoms with van der Waals surface area (Å²) < 4.78 is 14.1. The average molecular weight is 278 g/mol. The van der Waals surface area contributed by atoms with Crippen molar-refractivity contribution in [2.75, 3.05) is 25.0 Å². The summed E-state index contributed by atoms with van der Waals surface area (Å²) in [6.07, 6.45) is 1.31. The average Bonchev–Trinajstić information content (AvgIpc) is 3.06. The lowest BCUT2D eigenvalue weighted by molar-refractivity contribution is 0.534. The Morgan fingerprint density at radius 2 is 2.10 bits per heavy atom. The van der Waals surface area contributed by atoms with Crippen LogP contribution in [0.15, 0.2) is 18.2 Å². The van der Waals surface area contributed by atoms with Gasteiger partial charge in [-0.05, 0) is 42.9 Å². The molecule has 0 spiro atoms. The molecular weight excluding hydrogens is 251 g/mol. The molecule has 1 aliphatic rings. The highest BCUT2D eigenvalue weighted by molar-refractivity contribution is 5.53. The van der Waals surface area contributed by atoms with Crippen LogP contribution in [0.3, 0.4) is 0 Å². The number of hydrogen-bond acceptors (Lipinski definition) is 2. The molecular formula is C17H27FN2. The fourth-order valence-corrected chi connectivity index (χ4v) is 2.67. The zero-order valence-corrected chi connectivity index (χ0v) is 13.1. The second kappa shape index (κ2) is 6.57. The van der Waals surface area contributed by atoms with Crippen LogP contribution in [0.5, 0.6) is 0 Å². The summed E-state index contributed by atoms with van der Waals surface area (Å²) >= 11 is 0. The summed E-state index contributed by atoms with van der Waals surface area (Å²) in [6.45, 7) is 9.16. The number of nitrogens with one attached hydrogen (secondary N) is 1. The molecule has 0 aliphatic heterocycles. The molecule has 1 fully saturated rings. The number of rotatable bonds is 7. The highest BCUT2D eigenvalue weighted by Gasteiger charge is 2.33. The molecule has 2 unspecified atom stereocenters. The van der Waals surface area contributed by atoms with E-state index in [0.717, 1.165) is 36.2 Å². The van der Waals surface area contributed by atoms with Crippen LogP contribution in [0.2, 0.25) is 0 Å². The molecule has 2 nitrogen and oxygen atoms in total. The fourth-order valence-electron chi connectivity index (χ4n) is 2.67. The normalized spacial score (nSPS) is 21.3. The number of anilines is 1. The van der Waals surface area contributed by atoms with Gasteiger partial charge in [-0.25, -0.2) is 4.39 Å². The van der Waals surface area contributed by atoms with E-state index in [1.807, 2.05) is 12.1 Å². The zero-order valence-electron chi connectivity index (χ0n) is 13.1. The SMILES string of the molecule is CC(C)CNCc1c(F)cccc1N(C)CC1CC1C. The summed E-state index contributed by atoms with van der Waals surface area (Å²) in [4.78, 5) is 2.21. The van der Waals surface area contributed by atoms with Gasteiger partial charge >= 0.3 is 0 Å². The Kier molecular flexibility index (Phi) is 5.03. The molecule has 0 bridgehead atoms. The van der Waals surface area contributed by atoms with Crippen LogP contribution < -0.4 is 10.2 Å². The van der Waals surface area contributed by atoms with Crippen LogP contribution in [-0.4, -0.2) is 20.1 Å². The Morgan fingerprint density at radius 3 is 2.70 bits per heavy atom. The van der Waals surface area contributed by atoms with Crippen molar-refractivity contribution in [3.05, 3.63) is 29.6 Å². The summed E-state index contributed by atoms with van der Waals surface area (Å²) in [5.74, 6) is 2.08. The first kappa shape index (κ1) is 15.3. The molecule has 3 heteroatoms. The van der Waals surface area contributed by atoms with Crippen molar-refractivity contribution >= 4 is 5.69 Å². The molecule has 0 amide bonds. The maximum atomic E-state index is 14.1. The van der Waals surface area contributed by atoms with Gasteiger partial charge in [0, 0.05) is 31.4 Å². The van der Waals surface area contributed by atoms with E-state index in [4.69, 9.17) is 0 Å². The third-order valence-electron chi connectivity index (χ3n) is 4.14. The minimum Gasteiger partial charge on any atom is -0.374 e. The Balaban J connectivity index is 2.04. The molecule has 1 aliphatic carbocycles. The van der Waals surface area contributed by atoms with E-state index in [2.05, 4.69) is 38.0 Å². The van der Waals surface area contributed by atoms with Gasteiger partial charge < -0.3 is 10.2 Å². The van der Waals surface area contributed by atoms with E-state index in [9.17, 15) is 4.39 Å². The second-order valence-electron chi connectivity index (χ2n) is 6.62. The number of hydrogen-bond donors (Lipinski definition) is 1. The van der Waals surface area contributed by atoms with Gasteiger partial charge in [0.1, 0.15) is 5.82 Å². The largest absolute Gasteiger partial charge is 0.374 e. The molecule has 1 aromatic carbocycles. The van der Waals surface area contributed by atoms with Crippen molar-refractivity contribution in [3.63, 3.8) is 0 Å². The van der Waals surface area contributed by atoms with E-state index < -0.39 is 0 Å². The van der Waals surface area contributed by atoms with Crippen molar-refractivity contribution in [3.8, 4) is 0 Å². The molecule has 1 N–H and O–H groups in total. The van der Waals surface area contributed by atoms with E-state index in [1.54, 1.807) is 6.07 Å². The van der Waals surface area contributed by atoms with Crippen molar-refractivity contribution in [2.45, 2.75) is 33.7 Å². The molecule has 1 aromatic rings. The van der Waals surface area contributed by atoms with E-state index in [0.29, 0.717) is 12.5 Å². The third kappa shape index (κ3) is 3.95. The quantitative estimate of drug-likeness (QED) is 0.819. The highest BCUT2D eigenvalue weighted by Crippen LogP contribution is 2.39. The third-order valence-corrected chi connectivity index (χ3v) is 4.14. The van der Waals surface area contributed by atoms with Crippen molar-refractivity contribution in [1.29, 1.82) is 0 Å². The van der Waals surface area contributed by atoms with Crippen molar-refractivity contribution in [2.24, 2.45) is 17.8 Å². The van der Waals surface area contributed by atoms with Gasteiger partial charge in [-0.2, -0.15) is 0 Å². The maximum Gasteiger partial charge on any atom is 0.129 e. The van der Waals surface area contributed by atoms with Gasteiger partial charge in [0.05, 0.1) is 0 Å². The van der Waals surface area contributed by atoms with Crippen LogP contribution in [-0.2, 0) is 6.54 Å². The predicted octanol–water partition coefficient (Wildman–Crippen LogP) is 3.66. The highest BCUT2D eigenvalue weighted by atomic mass is 19.1. The summed E-state index contributed by atoms with van der Waals surface area (Å²) in [6, 6.07) is 5.40. The topological polar surface area (TPSA) is 15.3 Å². The van der Waals surface area contributed by atoms with Crippen LogP contribution in [0.1, 0.15) is 32.8 Å². The summed E-state index contributed by atoms with van der Waals surface area (Å²) in [7, 11) is 2.08. The first-order valence-corrected chi connectivity index (χ1v) is 7.68. The first-order chi connectivity index (χ1) is 9.49. The number of nitrogens with zero attached hydrogens (tertiary/aromatic N) is 1. The van der Waals surface area contributed by atoms with Gasteiger partial charge in [0.2, 0.25) is 0 Å². The molecule has 2 atom stereocenters. The van der Waals surface area contributed by atoms with Crippen molar-refractivity contribution in [1.82, 2.24) is 5.32 Å². The molecule has 0 saturated heterocycles. The molecule has 1 saturated carbocycles. The summed E-state index contributed by atoms with van der Waals surface area (Å²) in [5, 5.41) is 3.35. The predicted molar refractivity (Wildman–Crippen MR) is 83.5 cm³/mol. The fraction of sp³-hybridized carbons (Fsp3) is 0.647. The Morgan fingerprint density at radius 1 is 1.40 bits per heavy atom. The standard InChI is InChI=1S/C17H27FN2/c1-12(2)9-19-10-15-16(18)6-5-7-17(15)20(4)11-14-8-13(14)3/h5-7,12-14,19H,8-11H2,1-4H3. The number of benzene rings is 1. The minimum absolute atomic E-state index is 0.102. The summed E-state index contributed by atoms with van der Waals surface area (Å²) in [5.41, 5.74) is 1.82. The smallest absolute Gasteiger partial charge is 0.129 e. The van der Waals surface area contributed by atoms with Gasteiger partial charge in [-0.1, -0.05) is 26.8 Å². The van der Waals surface area contributed by atoms with Crippen LogP contribution in [0, 0.1) is 23.6 Å². The Hall–Kier alpha value is -1.09. The van der Waals surface area contributed by atoms with Gasteiger partial charge in [-0.3, -0.25) is 0 Å². The molecule has 0 radical (unpaired) electrons. The minimum atomic E-state index is -0.102. The van der Waals surface area contributed by atoms with E-state index >= 15 is 0 Å². The van der Waals surface area contributed by atoms with Gasteiger partial charge in [-0.15, -0.1) is 0 Å². The van der Waals surface area contributed by atoms with Crippen LogP contribution in [0.4, 0.5) is 10.1 Å². The van der Waals surface area contributed by atoms with Gasteiger partial charge in [0.15, 0.2) is 0 Å². The van der Waals surface area contributed by atoms with Crippen LogP contribution in [0.25, 0.3) is 0 Å². The van der Waals surface area contributed by atoms with Crippen molar-refractivity contribution < 1.29 is 4.39 Å². The Bertz CT molecular complexity index is 445. The number of halogens is 1. The first-order valence-electron chi connectivity index (χ1n) is 7.68. The van der Waals surface area contributed by atoms with E-state index in [1.165, 1.54) is 6.42 Å². The zero-order chi connectivity index (χ0) is 14.7. The maximum absolute atomic E-state index is 14.1. The molecule has 0 heterocycles. The second-order valence-corrected chi connectivity index (χ2v) is 6.62. The lowest BCUT2D eigenvalue weighted by atomic mass is 10.1. The monoisotopic (exact) mass is 278 g/mol. The van der Waals surface area contributed by atoms with E-state index in [-0.39, 0.29) is 5.82 Å². The van der Waals surface area contributed by atoms with Gasteiger partial charge in [0.25, 0.3) is 0 Å².